The molecule has 0 bridgehead atoms. The Morgan fingerprint density at radius 1 is 1.25 bits per heavy atom. The third-order valence-corrected chi connectivity index (χ3v) is 3.32. The van der Waals surface area contributed by atoms with Crippen molar-refractivity contribution in [3.05, 3.63) is 0 Å². The number of hydrogen-bond acceptors (Lipinski definition) is 1. The molecule has 2 fully saturated rings. The second-order valence-electron chi connectivity index (χ2n) is 4.90. The van der Waals surface area contributed by atoms with Crippen LogP contribution in [0.2, 0.25) is 0 Å². The van der Waals surface area contributed by atoms with Gasteiger partial charge in [0.25, 0.3) is 0 Å². The molecule has 1 nitrogen and oxygen atoms in total. The number of hydrogen-bond donors (Lipinski definition) is 0. The zero-order valence-electron chi connectivity index (χ0n) is 8.31. The Kier molecular flexibility index (Phi) is 2.16. The lowest BCUT2D eigenvalue weighted by Gasteiger charge is -2.30. The van der Waals surface area contributed by atoms with Crippen molar-refractivity contribution in [1.82, 2.24) is 0 Å². The quantitative estimate of drug-likeness (QED) is 0.615. The average molecular weight is 168 g/mol. The SMILES string of the molecule is CC(C)OC1CCCC2(CC2)C1. The summed E-state index contributed by atoms with van der Waals surface area (Å²) in [5.74, 6) is 0. The van der Waals surface area contributed by atoms with Crippen LogP contribution < -0.4 is 0 Å². The highest BCUT2D eigenvalue weighted by molar-refractivity contribution is 4.97. The van der Waals surface area contributed by atoms with Crippen LogP contribution in [0.3, 0.4) is 0 Å². The fourth-order valence-electron chi connectivity index (χ4n) is 2.52. The van der Waals surface area contributed by atoms with Crippen LogP contribution in [0.15, 0.2) is 0 Å². The molecule has 0 aromatic carbocycles. The summed E-state index contributed by atoms with van der Waals surface area (Å²) in [6.45, 7) is 4.29. The van der Waals surface area contributed by atoms with Crippen LogP contribution in [0.25, 0.3) is 0 Å². The first-order chi connectivity index (χ1) is 5.70. The maximum atomic E-state index is 5.87. The van der Waals surface area contributed by atoms with Crippen LogP contribution in [-0.2, 0) is 4.74 Å². The van der Waals surface area contributed by atoms with Crippen molar-refractivity contribution in [3.8, 4) is 0 Å². The Bertz CT molecular complexity index is 158. The summed E-state index contributed by atoms with van der Waals surface area (Å²) in [7, 11) is 0. The largest absolute Gasteiger partial charge is 0.376 e. The van der Waals surface area contributed by atoms with Gasteiger partial charge in [-0.05, 0) is 51.4 Å². The van der Waals surface area contributed by atoms with Gasteiger partial charge in [0.2, 0.25) is 0 Å². The minimum atomic E-state index is 0.420. The zero-order valence-corrected chi connectivity index (χ0v) is 8.31. The van der Waals surface area contributed by atoms with E-state index in [0.29, 0.717) is 12.2 Å². The van der Waals surface area contributed by atoms with E-state index in [1.165, 1.54) is 38.5 Å². The number of ether oxygens (including phenoxy) is 1. The fourth-order valence-corrected chi connectivity index (χ4v) is 2.52. The van der Waals surface area contributed by atoms with E-state index in [0.717, 1.165) is 5.41 Å². The molecular weight excluding hydrogens is 148 g/mol. The van der Waals surface area contributed by atoms with E-state index >= 15 is 0 Å². The molecule has 70 valence electrons. The summed E-state index contributed by atoms with van der Waals surface area (Å²) >= 11 is 0. The van der Waals surface area contributed by atoms with Gasteiger partial charge in [0.15, 0.2) is 0 Å². The van der Waals surface area contributed by atoms with Gasteiger partial charge >= 0.3 is 0 Å². The Morgan fingerprint density at radius 3 is 2.58 bits per heavy atom. The van der Waals surface area contributed by atoms with Gasteiger partial charge in [-0.3, -0.25) is 0 Å². The van der Waals surface area contributed by atoms with Gasteiger partial charge in [-0.15, -0.1) is 0 Å². The van der Waals surface area contributed by atoms with Crippen LogP contribution in [0.4, 0.5) is 0 Å². The van der Waals surface area contributed by atoms with E-state index in [2.05, 4.69) is 13.8 Å². The monoisotopic (exact) mass is 168 g/mol. The van der Waals surface area contributed by atoms with Crippen molar-refractivity contribution in [2.24, 2.45) is 5.41 Å². The molecule has 0 saturated heterocycles. The summed E-state index contributed by atoms with van der Waals surface area (Å²) in [6.07, 6.45) is 9.49. The second kappa shape index (κ2) is 3.02. The lowest BCUT2D eigenvalue weighted by molar-refractivity contribution is -0.0277. The van der Waals surface area contributed by atoms with Gasteiger partial charge in [-0.25, -0.2) is 0 Å². The molecule has 0 aromatic heterocycles. The van der Waals surface area contributed by atoms with Crippen molar-refractivity contribution in [2.75, 3.05) is 0 Å². The highest BCUT2D eigenvalue weighted by Crippen LogP contribution is 2.56. The molecule has 1 unspecified atom stereocenters. The zero-order chi connectivity index (χ0) is 8.60. The van der Waals surface area contributed by atoms with Gasteiger partial charge in [0.1, 0.15) is 0 Å². The molecule has 0 radical (unpaired) electrons. The summed E-state index contributed by atoms with van der Waals surface area (Å²) in [4.78, 5) is 0. The molecule has 2 aliphatic carbocycles. The summed E-state index contributed by atoms with van der Waals surface area (Å²) in [5, 5.41) is 0. The summed E-state index contributed by atoms with van der Waals surface area (Å²) in [6, 6.07) is 0. The molecule has 0 N–H and O–H groups in total. The van der Waals surface area contributed by atoms with Gasteiger partial charge < -0.3 is 4.74 Å². The first-order valence-corrected chi connectivity index (χ1v) is 5.36. The van der Waals surface area contributed by atoms with Gasteiger partial charge in [-0.1, -0.05) is 6.42 Å². The Hall–Kier alpha value is -0.0400. The maximum Gasteiger partial charge on any atom is 0.0583 e. The van der Waals surface area contributed by atoms with E-state index in [1.807, 2.05) is 0 Å². The first-order valence-electron chi connectivity index (χ1n) is 5.36. The van der Waals surface area contributed by atoms with Crippen LogP contribution in [0, 0.1) is 5.41 Å². The Labute approximate surface area is 75.5 Å². The van der Waals surface area contributed by atoms with Crippen molar-refractivity contribution in [2.45, 2.75) is 64.6 Å². The Morgan fingerprint density at radius 2 is 2.00 bits per heavy atom. The molecule has 12 heavy (non-hydrogen) atoms. The molecule has 2 saturated carbocycles. The van der Waals surface area contributed by atoms with Crippen LogP contribution >= 0.6 is 0 Å². The summed E-state index contributed by atoms with van der Waals surface area (Å²) < 4.78 is 5.87. The highest BCUT2D eigenvalue weighted by Gasteiger charge is 2.46. The molecule has 1 spiro atoms. The van der Waals surface area contributed by atoms with Crippen LogP contribution in [-0.4, -0.2) is 12.2 Å². The van der Waals surface area contributed by atoms with Crippen molar-refractivity contribution in [1.29, 1.82) is 0 Å². The molecule has 0 amide bonds. The van der Waals surface area contributed by atoms with Gasteiger partial charge in [0.05, 0.1) is 12.2 Å². The standard InChI is InChI=1S/C11H20O/c1-9(2)12-10-4-3-5-11(8-10)6-7-11/h9-10H,3-8H2,1-2H3. The lowest BCUT2D eigenvalue weighted by atomic mass is 9.84. The molecule has 0 aromatic rings. The lowest BCUT2D eigenvalue weighted by Crippen LogP contribution is -2.26. The molecule has 1 atom stereocenters. The van der Waals surface area contributed by atoms with E-state index in [-0.39, 0.29) is 0 Å². The van der Waals surface area contributed by atoms with Crippen molar-refractivity contribution >= 4 is 0 Å². The molecule has 0 heterocycles. The minimum absolute atomic E-state index is 0.420. The van der Waals surface area contributed by atoms with Crippen LogP contribution in [0.1, 0.15) is 52.4 Å². The second-order valence-corrected chi connectivity index (χ2v) is 4.90. The van der Waals surface area contributed by atoms with Crippen molar-refractivity contribution in [3.63, 3.8) is 0 Å². The van der Waals surface area contributed by atoms with E-state index < -0.39 is 0 Å². The molecule has 0 aliphatic heterocycles. The third kappa shape index (κ3) is 1.82. The predicted molar refractivity (Wildman–Crippen MR) is 50.1 cm³/mol. The topological polar surface area (TPSA) is 9.23 Å². The smallest absolute Gasteiger partial charge is 0.0583 e. The fraction of sp³-hybridized carbons (Fsp3) is 1.00. The average Bonchev–Trinajstić information content (AvgIpc) is 2.68. The Balaban J connectivity index is 1.83. The molecule has 2 rings (SSSR count). The van der Waals surface area contributed by atoms with Gasteiger partial charge in [0, 0.05) is 0 Å². The highest BCUT2D eigenvalue weighted by atomic mass is 16.5. The third-order valence-electron chi connectivity index (χ3n) is 3.32. The predicted octanol–water partition coefficient (Wildman–Crippen LogP) is 3.13. The maximum absolute atomic E-state index is 5.87. The van der Waals surface area contributed by atoms with Crippen molar-refractivity contribution < 1.29 is 4.74 Å². The van der Waals surface area contributed by atoms with Gasteiger partial charge in [-0.2, -0.15) is 0 Å². The molecular formula is C11H20O. The molecule has 2 aliphatic rings. The minimum Gasteiger partial charge on any atom is -0.376 e. The first kappa shape index (κ1) is 8.55. The number of rotatable bonds is 2. The summed E-state index contributed by atoms with van der Waals surface area (Å²) in [5.41, 5.74) is 0.762. The normalized spacial score (nSPS) is 32.8. The van der Waals surface area contributed by atoms with Crippen LogP contribution in [0.5, 0.6) is 0 Å². The van der Waals surface area contributed by atoms with E-state index in [1.54, 1.807) is 0 Å². The molecule has 1 heteroatoms. The van der Waals surface area contributed by atoms with E-state index in [9.17, 15) is 0 Å². The van der Waals surface area contributed by atoms with E-state index in [4.69, 9.17) is 4.74 Å².